The maximum absolute atomic E-state index is 13.0. The van der Waals surface area contributed by atoms with Crippen LogP contribution in [-0.2, 0) is 16.2 Å². The number of hydrogen-bond acceptors (Lipinski definition) is 6. The molecule has 0 aromatic heterocycles. The maximum Gasteiger partial charge on any atom is 0.294 e. The van der Waals surface area contributed by atoms with E-state index in [9.17, 15) is 14.4 Å². The summed E-state index contributed by atoms with van der Waals surface area (Å²) in [5.41, 5.74) is 2.84. The second-order valence-corrected chi connectivity index (χ2v) is 11.4. The van der Waals surface area contributed by atoms with E-state index in [4.69, 9.17) is 32.7 Å². The average molecular weight is 697 g/mol. The third-order valence-electron chi connectivity index (χ3n) is 5.59. The number of thioether (sulfide) groups is 1. The van der Waals surface area contributed by atoms with E-state index >= 15 is 0 Å². The zero-order chi connectivity index (χ0) is 28.1. The number of carbonyl (C=O) groups excluding carboxylic acids is 3. The van der Waals surface area contributed by atoms with E-state index in [0.717, 1.165) is 31.4 Å². The van der Waals surface area contributed by atoms with Gasteiger partial charge in [-0.1, -0.05) is 47.5 Å². The number of imide groups is 1. The Hall–Kier alpha value is -2.73. The first-order valence-electron chi connectivity index (χ1n) is 11.8. The Morgan fingerprint density at radius 2 is 1.85 bits per heavy atom. The van der Waals surface area contributed by atoms with Crippen molar-refractivity contribution in [2.75, 3.05) is 18.5 Å². The van der Waals surface area contributed by atoms with Gasteiger partial charge in [0.1, 0.15) is 13.2 Å². The molecule has 1 aliphatic heterocycles. The van der Waals surface area contributed by atoms with E-state index in [-0.39, 0.29) is 11.5 Å². The number of nitrogens with one attached hydrogen (secondary N) is 1. The Morgan fingerprint density at radius 3 is 2.56 bits per heavy atom. The standard InChI is InChI=1S/C28H23Cl2IN2O5S/c1-3-37-23-11-17(10-22(31)26(23)38-15-18-6-4-5-7-20(18)29)12-24-27(35)33(28(36)39-24)14-25(34)32-19-9-8-16(2)21(30)13-19/h4-13H,3,14-15H2,1-2H3,(H,32,34)/b24-12+. The van der Waals surface area contributed by atoms with Crippen LogP contribution in [0.4, 0.5) is 10.5 Å². The van der Waals surface area contributed by atoms with E-state index in [1.54, 1.807) is 36.4 Å². The summed E-state index contributed by atoms with van der Waals surface area (Å²) in [6, 6.07) is 16.1. The Labute approximate surface area is 254 Å². The first-order chi connectivity index (χ1) is 18.7. The summed E-state index contributed by atoms with van der Waals surface area (Å²) in [6.45, 7) is 3.95. The third kappa shape index (κ3) is 7.27. The van der Waals surface area contributed by atoms with Crippen LogP contribution in [0.3, 0.4) is 0 Å². The molecular formula is C28H23Cl2IN2O5S. The largest absolute Gasteiger partial charge is 0.490 e. The number of nitrogens with zero attached hydrogens (tertiary/aromatic N) is 1. The lowest BCUT2D eigenvalue weighted by atomic mass is 10.1. The zero-order valence-electron chi connectivity index (χ0n) is 20.9. The molecule has 0 unspecified atom stereocenters. The smallest absolute Gasteiger partial charge is 0.294 e. The number of ether oxygens (including phenoxy) is 2. The topological polar surface area (TPSA) is 84.9 Å². The van der Waals surface area contributed by atoms with Crippen molar-refractivity contribution >= 4 is 86.4 Å². The van der Waals surface area contributed by atoms with E-state index in [2.05, 4.69) is 27.9 Å². The molecule has 1 fully saturated rings. The fraction of sp³-hybridized carbons (Fsp3) is 0.179. The summed E-state index contributed by atoms with van der Waals surface area (Å²) in [5.74, 6) is -0.00523. The van der Waals surface area contributed by atoms with Crippen LogP contribution in [-0.4, -0.2) is 35.1 Å². The first kappa shape index (κ1) is 29.3. The van der Waals surface area contributed by atoms with Gasteiger partial charge in [0.25, 0.3) is 11.1 Å². The molecule has 0 atom stereocenters. The van der Waals surface area contributed by atoms with Gasteiger partial charge >= 0.3 is 0 Å². The molecule has 1 heterocycles. The van der Waals surface area contributed by atoms with E-state index in [1.807, 2.05) is 38.1 Å². The highest BCUT2D eigenvalue weighted by atomic mass is 127. The Kier molecular flexibility index (Phi) is 9.81. The highest BCUT2D eigenvalue weighted by Crippen LogP contribution is 2.38. The summed E-state index contributed by atoms with van der Waals surface area (Å²) in [4.78, 5) is 39.2. The van der Waals surface area contributed by atoms with Gasteiger partial charge in [0, 0.05) is 21.3 Å². The molecule has 0 saturated carbocycles. The minimum absolute atomic E-state index is 0.203. The number of halogens is 3. The SMILES string of the molecule is CCOc1cc(/C=C2/SC(=O)N(CC(=O)Nc3ccc(C)c(Cl)c3)C2=O)cc(I)c1OCc1ccccc1Cl. The highest BCUT2D eigenvalue weighted by Gasteiger charge is 2.36. The normalized spacial score (nSPS) is 14.2. The molecule has 1 aliphatic rings. The van der Waals surface area contributed by atoms with Crippen molar-refractivity contribution in [1.29, 1.82) is 0 Å². The second kappa shape index (κ2) is 13.1. The summed E-state index contributed by atoms with van der Waals surface area (Å²) in [6.07, 6.45) is 1.60. The predicted molar refractivity (Wildman–Crippen MR) is 164 cm³/mol. The Morgan fingerprint density at radius 1 is 1.08 bits per heavy atom. The minimum Gasteiger partial charge on any atom is -0.490 e. The molecule has 3 aromatic carbocycles. The second-order valence-electron chi connectivity index (χ2n) is 8.42. The van der Waals surface area contributed by atoms with Crippen LogP contribution in [0.1, 0.15) is 23.6 Å². The number of amides is 3. The van der Waals surface area contributed by atoms with Crippen LogP contribution in [0, 0.1) is 10.5 Å². The molecule has 1 N–H and O–H groups in total. The Balaban J connectivity index is 1.49. The third-order valence-corrected chi connectivity index (χ3v) is 8.07. The van der Waals surface area contributed by atoms with E-state index < -0.39 is 23.6 Å². The van der Waals surface area contributed by atoms with Gasteiger partial charge in [-0.3, -0.25) is 19.3 Å². The molecule has 39 heavy (non-hydrogen) atoms. The number of aryl methyl sites for hydroxylation is 1. The van der Waals surface area contributed by atoms with Crippen LogP contribution in [0.15, 0.2) is 59.5 Å². The highest BCUT2D eigenvalue weighted by molar-refractivity contribution is 14.1. The van der Waals surface area contributed by atoms with Crippen LogP contribution < -0.4 is 14.8 Å². The fourth-order valence-electron chi connectivity index (χ4n) is 3.64. The molecular weight excluding hydrogens is 674 g/mol. The summed E-state index contributed by atoms with van der Waals surface area (Å²) in [5, 5.41) is 3.25. The molecule has 3 aromatic rings. The van der Waals surface area contributed by atoms with Gasteiger partial charge in [0.15, 0.2) is 11.5 Å². The summed E-state index contributed by atoms with van der Waals surface area (Å²) >= 11 is 15.3. The van der Waals surface area contributed by atoms with Crippen molar-refractivity contribution in [1.82, 2.24) is 4.90 Å². The van der Waals surface area contributed by atoms with E-state index in [0.29, 0.717) is 39.4 Å². The van der Waals surface area contributed by atoms with Crippen molar-refractivity contribution in [2.45, 2.75) is 20.5 Å². The number of anilines is 1. The van der Waals surface area contributed by atoms with Crippen LogP contribution >= 0.6 is 57.6 Å². The predicted octanol–water partition coefficient (Wildman–Crippen LogP) is 7.56. The first-order valence-corrected chi connectivity index (χ1v) is 14.4. The Bertz CT molecular complexity index is 1480. The summed E-state index contributed by atoms with van der Waals surface area (Å²) < 4.78 is 12.6. The quantitative estimate of drug-likeness (QED) is 0.184. The molecule has 0 bridgehead atoms. The van der Waals surface area contributed by atoms with E-state index in [1.165, 1.54) is 0 Å². The molecule has 1 saturated heterocycles. The number of benzene rings is 3. The van der Waals surface area contributed by atoms with Crippen molar-refractivity contribution < 1.29 is 23.9 Å². The van der Waals surface area contributed by atoms with Gasteiger partial charge < -0.3 is 14.8 Å². The van der Waals surface area contributed by atoms with Crippen molar-refractivity contribution in [3.05, 3.63) is 89.8 Å². The minimum atomic E-state index is -0.547. The zero-order valence-corrected chi connectivity index (χ0v) is 25.4. The van der Waals surface area contributed by atoms with Gasteiger partial charge in [-0.2, -0.15) is 0 Å². The molecule has 4 rings (SSSR count). The number of carbonyl (C=O) groups is 3. The fourth-order valence-corrected chi connectivity index (χ4v) is 5.63. The lowest BCUT2D eigenvalue weighted by molar-refractivity contribution is -0.127. The molecule has 0 spiro atoms. The van der Waals surface area contributed by atoms with Crippen LogP contribution in [0.25, 0.3) is 6.08 Å². The van der Waals surface area contributed by atoms with Gasteiger partial charge in [0.2, 0.25) is 5.91 Å². The lowest BCUT2D eigenvalue weighted by Crippen LogP contribution is -2.36. The molecule has 202 valence electrons. The van der Waals surface area contributed by atoms with Gasteiger partial charge in [-0.15, -0.1) is 0 Å². The molecule has 0 radical (unpaired) electrons. The maximum atomic E-state index is 13.0. The average Bonchev–Trinajstić information content (AvgIpc) is 3.14. The summed E-state index contributed by atoms with van der Waals surface area (Å²) in [7, 11) is 0. The number of rotatable bonds is 9. The lowest BCUT2D eigenvalue weighted by Gasteiger charge is -2.15. The van der Waals surface area contributed by atoms with Gasteiger partial charge in [-0.05, 0) is 95.7 Å². The molecule has 3 amide bonds. The van der Waals surface area contributed by atoms with Crippen molar-refractivity contribution in [3.63, 3.8) is 0 Å². The molecule has 11 heteroatoms. The molecule has 0 aliphatic carbocycles. The molecule has 7 nitrogen and oxygen atoms in total. The van der Waals surface area contributed by atoms with Crippen molar-refractivity contribution in [3.8, 4) is 11.5 Å². The number of hydrogen-bond donors (Lipinski definition) is 1. The van der Waals surface area contributed by atoms with Crippen LogP contribution in [0.5, 0.6) is 11.5 Å². The van der Waals surface area contributed by atoms with Crippen LogP contribution in [0.2, 0.25) is 10.0 Å². The monoisotopic (exact) mass is 696 g/mol. The van der Waals surface area contributed by atoms with Crippen molar-refractivity contribution in [2.24, 2.45) is 0 Å². The van der Waals surface area contributed by atoms with Gasteiger partial charge in [-0.25, -0.2) is 0 Å². The van der Waals surface area contributed by atoms with Gasteiger partial charge in [0.05, 0.1) is 15.1 Å².